The van der Waals surface area contributed by atoms with Gasteiger partial charge < -0.3 is 15.4 Å². The number of amides is 3. The number of hydrogen-bond donors (Lipinski definition) is 3. The molecule has 0 radical (unpaired) electrons. The lowest BCUT2D eigenvalue weighted by Crippen LogP contribution is -2.42. The number of imide groups is 1. The molecule has 0 atom stereocenters. The number of carbonyl (C=O) groups excluding carboxylic acids is 3. The highest BCUT2D eigenvalue weighted by molar-refractivity contribution is 5.99. The lowest BCUT2D eigenvalue weighted by atomic mass is 10.1. The van der Waals surface area contributed by atoms with Gasteiger partial charge in [0.2, 0.25) is 0 Å². The summed E-state index contributed by atoms with van der Waals surface area (Å²) >= 11 is 0. The molecular formula is C21H23N3O4. The predicted octanol–water partition coefficient (Wildman–Crippen LogP) is 3.19. The number of urea groups is 1. The van der Waals surface area contributed by atoms with Gasteiger partial charge in [-0.2, -0.15) is 0 Å². The zero-order chi connectivity index (χ0) is 20.1. The van der Waals surface area contributed by atoms with E-state index in [9.17, 15) is 14.4 Å². The van der Waals surface area contributed by atoms with Gasteiger partial charge in [0.1, 0.15) is 0 Å². The molecule has 0 aliphatic heterocycles. The minimum atomic E-state index is -0.675. The van der Waals surface area contributed by atoms with Crippen LogP contribution in [0.3, 0.4) is 0 Å². The standard InChI is InChI=1S/C21H23N3O4/c1-13-6-5-9-17(14(13)2)23-18-8-4-3-7-16(18)20(26)28-12-19(25)24-21(27)22-15-10-11-15/h3-9,15,23H,10-12H2,1-2H3,(H2,22,24,25,27). The normalized spacial score (nSPS) is 12.8. The zero-order valence-electron chi connectivity index (χ0n) is 15.9. The Hall–Kier alpha value is -3.35. The number of aryl methyl sites for hydroxylation is 1. The number of nitrogens with one attached hydrogen (secondary N) is 3. The second-order valence-electron chi connectivity index (χ2n) is 6.79. The minimum absolute atomic E-state index is 0.137. The molecule has 0 aromatic heterocycles. The van der Waals surface area contributed by atoms with Gasteiger partial charge >= 0.3 is 12.0 Å². The lowest BCUT2D eigenvalue weighted by Gasteiger charge is -2.14. The summed E-state index contributed by atoms with van der Waals surface area (Å²) in [6.45, 7) is 3.48. The van der Waals surface area contributed by atoms with E-state index in [1.165, 1.54) is 0 Å². The van der Waals surface area contributed by atoms with Gasteiger partial charge in [-0.3, -0.25) is 10.1 Å². The van der Waals surface area contributed by atoms with E-state index in [1.54, 1.807) is 24.3 Å². The third kappa shape index (κ3) is 5.09. The molecule has 2 aromatic rings. The van der Waals surface area contributed by atoms with E-state index in [4.69, 9.17) is 4.74 Å². The van der Waals surface area contributed by atoms with Gasteiger partial charge in [-0.1, -0.05) is 24.3 Å². The van der Waals surface area contributed by atoms with Gasteiger partial charge in [0.15, 0.2) is 6.61 Å². The van der Waals surface area contributed by atoms with Gasteiger partial charge in [0, 0.05) is 11.7 Å². The summed E-state index contributed by atoms with van der Waals surface area (Å²) in [7, 11) is 0. The maximum atomic E-state index is 12.4. The van der Waals surface area contributed by atoms with Crippen molar-refractivity contribution in [3.05, 3.63) is 59.2 Å². The van der Waals surface area contributed by atoms with Crippen LogP contribution in [-0.2, 0) is 9.53 Å². The Morgan fingerprint density at radius 2 is 1.71 bits per heavy atom. The number of para-hydroxylation sites is 1. The van der Waals surface area contributed by atoms with Crippen LogP contribution in [-0.4, -0.2) is 30.6 Å². The summed E-state index contributed by atoms with van der Waals surface area (Å²) < 4.78 is 5.07. The Bertz CT molecular complexity index is 906. The molecule has 146 valence electrons. The summed E-state index contributed by atoms with van der Waals surface area (Å²) in [6, 6.07) is 12.3. The molecule has 1 saturated carbocycles. The van der Waals surface area contributed by atoms with Crippen molar-refractivity contribution in [3.8, 4) is 0 Å². The number of rotatable bonds is 6. The number of ether oxygens (including phenoxy) is 1. The van der Waals surface area contributed by atoms with E-state index < -0.39 is 24.5 Å². The van der Waals surface area contributed by atoms with E-state index in [0.29, 0.717) is 11.3 Å². The third-order valence-corrected chi connectivity index (χ3v) is 4.52. The van der Waals surface area contributed by atoms with E-state index >= 15 is 0 Å². The van der Waals surface area contributed by atoms with Crippen molar-refractivity contribution in [2.45, 2.75) is 32.7 Å². The van der Waals surface area contributed by atoms with Gasteiger partial charge in [-0.15, -0.1) is 0 Å². The highest BCUT2D eigenvalue weighted by Crippen LogP contribution is 2.25. The maximum absolute atomic E-state index is 12.4. The van der Waals surface area contributed by atoms with E-state index in [-0.39, 0.29) is 6.04 Å². The zero-order valence-corrected chi connectivity index (χ0v) is 15.9. The molecule has 2 aromatic carbocycles. The molecule has 0 heterocycles. The fourth-order valence-electron chi connectivity index (χ4n) is 2.62. The highest BCUT2D eigenvalue weighted by Gasteiger charge is 2.24. The van der Waals surface area contributed by atoms with Crippen LogP contribution in [0.4, 0.5) is 16.2 Å². The average molecular weight is 381 g/mol. The largest absolute Gasteiger partial charge is 0.452 e. The molecule has 0 unspecified atom stereocenters. The summed E-state index contributed by atoms with van der Waals surface area (Å²) in [5.41, 5.74) is 3.97. The van der Waals surface area contributed by atoms with Gasteiger partial charge in [-0.05, 0) is 56.0 Å². The topological polar surface area (TPSA) is 96.5 Å². The molecule has 1 aliphatic carbocycles. The predicted molar refractivity (Wildman–Crippen MR) is 106 cm³/mol. The monoisotopic (exact) mass is 381 g/mol. The van der Waals surface area contributed by atoms with Crippen molar-refractivity contribution in [3.63, 3.8) is 0 Å². The summed E-state index contributed by atoms with van der Waals surface area (Å²) in [4.78, 5) is 35.8. The second kappa shape index (κ2) is 8.56. The molecule has 0 bridgehead atoms. The Morgan fingerprint density at radius 1 is 1.00 bits per heavy atom. The Balaban J connectivity index is 1.61. The minimum Gasteiger partial charge on any atom is -0.452 e. The molecule has 7 nitrogen and oxygen atoms in total. The van der Waals surface area contributed by atoms with Crippen molar-refractivity contribution in [1.29, 1.82) is 0 Å². The number of hydrogen-bond acceptors (Lipinski definition) is 5. The average Bonchev–Trinajstić information content (AvgIpc) is 3.47. The first-order valence-corrected chi connectivity index (χ1v) is 9.14. The van der Waals surface area contributed by atoms with E-state index in [1.807, 2.05) is 32.0 Å². The van der Waals surface area contributed by atoms with Crippen molar-refractivity contribution in [2.24, 2.45) is 0 Å². The van der Waals surface area contributed by atoms with Crippen LogP contribution < -0.4 is 16.0 Å². The maximum Gasteiger partial charge on any atom is 0.340 e. The number of esters is 1. The van der Waals surface area contributed by atoms with Crippen molar-refractivity contribution in [2.75, 3.05) is 11.9 Å². The molecular weight excluding hydrogens is 358 g/mol. The lowest BCUT2D eigenvalue weighted by molar-refractivity contribution is -0.123. The third-order valence-electron chi connectivity index (χ3n) is 4.52. The van der Waals surface area contributed by atoms with Gasteiger partial charge in [0.05, 0.1) is 11.3 Å². The molecule has 7 heteroatoms. The fourth-order valence-corrected chi connectivity index (χ4v) is 2.62. The van der Waals surface area contributed by atoms with Crippen LogP contribution in [0.2, 0.25) is 0 Å². The van der Waals surface area contributed by atoms with Crippen LogP contribution in [0.25, 0.3) is 0 Å². The van der Waals surface area contributed by atoms with Crippen LogP contribution in [0.5, 0.6) is 0 Å². The summed E-state index contributed by atoms with van der Waals surface area (Å²) in [6.07, 6.45) is 1.83. The molecule has 3 amide bonds. The van der Waals surface area contributed by atoms with Crippen LogP contribution in [0, 0.1) is 13.8 Å². The van der Waals surface area contributed by atoms with Crippen LogP contribution >= 0.6 is 0 Å². The van der Waals surface area contributed by atoms with Crippen molar-refractivity contribution >= 4 is 29.3 Å². The quantitative estimate of drug-likeness (QED) is 0.668. The van der Waals surface area contributed by atoms with E-state index in [0.717, 1.165) is 29.7 Å². The smallest absolute Gasteiger partial charge is 0.340 e. The van der Waals surface area contributed by atoms with Crippen LogP contribution in [0.1, 0.15) is 34.3 Å². The molecule has 0 saturated heterocycles. The first-order chi connectivity index (χ1) is 13.4. The number of benzene rings is 2. The fraction of sp³-hybridized carbons (Fsp3) is 0.286. The van der Waals surface area contributed by atoms with Gasteiger partial charge in [0.25, 0.3) is 5.91 Å². The first-order valence-electron chi connectivity index (χ1n) is 9.14. The Labute approximate surface area is 163 Å². The summed E-state index contributed by atoms with van der Waals surface area (Å²) in [5, 5.41) is 8.02. The molecule has 1 aliphatic rings. The first kappa shape index (κ1) is 19.4. The summed E-state index contributed by atoms with van der Waals surface area (Å²) in [5.74, 6) is -1.32. The molecule has 3 N–H and O–H groups in total. The van der Waals surface area contributed by atoms with Gasteiger partial charge in [-0.25, -0.2) is 9.59 Å². The molecule has 3 rings (SSSR count). The van der Waals surface area contributed by atoms with Crippen molar-refractivity contribution in [1.82, 2.24) is 10.6 Å². The Morgan fingerprint density at radius 3 is 2.46 bits per heavy atom. The second-order valence-corrected chi connectivity index (χ2v) is 6.79. The van der Waals surface area contributed by atoms with Crippen molar-refractivity contribution < 1.29 is 19.1 Å². The Kier molecular flexibility index (Phi) is 5.93. The highest BCUT2D eigenvalue weighted by atomic mass is 16.5. The number of anilines is 2. The SMILES string of the molecule is Cc1cccc(Nc2ccccc2C(=O)OCC(=O)NC(=O)NC2CC2)c1C. The number of carbonyl (C=O) groups is 3. The molecule has 1 fully saturated rings. The molecule has 0 spiro atoms. The van der Waals surface area contributed by atoms with Crippen LogP contribution in [0.15, 0.2) is 42.5 Å². The van der Waals surface area contributed by atoms with E-state index in [2.05, 4.69) is 16.0 Å². The molecule has 28 heavy (non-hydrogen) atoms.